The van der Waals surface area contributed by atoms with E-state index in [1.165, 1.54) is 0 Å². The summed E-state index contributed by atoms with van der Waals surface area (Å²) in [5, 5.41) is 4.83. The molecule has 0 saturated heterocycles. The summed E-state index contributed by atoms with van der Waals surface area (Å²) < 4.78 is 1.61. The third kappa shape index (κ3) is 3.15. The number of carbonyl (C=O) groups is 1. The molecular weight excluding hydrogens is 285 g/mol. The van der Waals surface area contributed by atoms with E-state index in [2.05, 4.69) is 5.10 Å². The molecule has 1 aromatic heterocycles. The molecule has 19 heavy (non-hydrogen) atoms. The highest BCUT2D eigenvalue weighted by Gasteiger charge is 2.19. The molecule has 0 fully saturated rings. The summed E-state index contributed by atoms with van der Waals surface area (Å²) in [6.45, 7) is 0. The molecule has 0 spiro atoms. The lowest BCUT2D eigenvalue weighted by Crippen LogP contribution is -2.22. The van der Waals surface area contributed by atoms with Crippen LogP contribution in [-0.4, -0.2) is 15.6 Å². The Morgan fingerprint density at radius 3 is 2.84 bits per heavy atom. The largest absolute Gasteiger partial charge is 0.318 e. The molecule has 1 atom stereocenters. The average Bonchev–Trinajstić information content (AvgIpc) is 2.80. The third-order valence-electron chi connectivity index (χ3n) is 2.83. The highest BCUT2D eigenvalue weighted by Crippen LogP contribution is 2.26. The van der Waals surface area contributed by atoms with E-state index < -0.39 is 6.04 Å². The number of carbonyl (C=O) groups excluding carboxylic acids is 1. The van der Waals surface area contributed by atoms with E-state index in [-0.39, 0.29) is 12.2 Å². The van der Waals surface area contributed by atoms with Crippen LogP contribution in [0, 0.1) is 0 Å². The first-order chi connectivity index (χ1) is 8.99. The third-order valence-corrected chi connectivity index (χ3v) is 3.69. The van der Waals surface area contributed by atoms with Crippen LogP contribution < -0.4 is 5.73 Å². The van der Waals surface area contributed by atoms with Crippen LogP contribution in [0.5, 0.6) is 0 Å². The second kappa shape index (κ2) is 5.74. The van der Waals surface area contributed by atoms with Crippen molar-refractivity contribution in [2.75, 3.05) is 0 Å². The van der Waals surface area contributed by atoms with E-state index in [1.807, 2.05) is 0 Å². The minimum atomic E-state index is -0.705. The number of ketones is 1. The Balaban J connectivity index is 2.15. The van der Waals surface area contributed by atoms with E-state index in [4.69, 9.17) is 28.9 Å². The summed E-state index contributed by atoms with van der Waals surface area (Å²) in [4.78, 5) is 12.1. The maximum atomic E-state index is 12.1. The predicted octanol–water partition coefficient (Wildman–Crippen LogP) is 2.54. The van der Waals surface area contributed by atoms with Gasteiger partial charge in [-0.1, -0.05) is 35.3 Å². The standard InChI is InChI=1S/C13H13Cl2N3O/c1-18-7-9(6-17-18)13(16)11(19)5-8-3-2-4-10(14)12(8)15/h2-4,6-7,13H,5,16H2,1H3. The lowest BCUT2D eigenvalue weighted by molar-refractivity contribution is -0.119. The SMILES string of the molecule is Cn1cc(C(N)C(=O)Cc2cccc(Cl)c2Cl)cn1. The van der Waals surface area contributed by atoms with Crippen molar-refractivity contribution in [3.63, 3.8) is 0 Å². The Kier molecular flexibility index (Phi) is 4.24. The number of rotatable bonds is 4. The lowest BCUT2D eigenvalue weighted by Gasteiger charge is -2.10. The van der Waals surface area contributed by atoms with Crippen molar-refractivity contribution in [1.82, 2.24) is 9.78 Å². The summed E-state index contributed by atoms with van der Waals surface area (Å²) >= 11 is 12.0. The van der Waals surface area contributed by atoms with Crippen LogP contribution in [0.2, 0.25) is 10.0 Å². The van der Waals surface area contributed by atoms with Gasteiger partial charge in [0.15, 0.2) is 5.78 Å². The second-order valence-electron chi connectivity index (χ2n) is 4.28. The Labute approximate surface area is 121 Å². The van der Waals surface area contributed by atoms with Crippen LogP contribution in [0.4, 0.5) is 0 Å². The van der Waals surface area contributed by atoms with Crippen LogP contribution in [0.25, 0.3) is 0 Å². The van der Waals surface area contributed by atoms with Crippen LogP contribution in [0.1, 0.15) is 17.2 Å². The maximum absolute atomic E-state index is 12.1. The van der Waals surface area contributed by atoms with Crippen LogP contribution >= 0.6 is 23.2 Å². The smallest absolute Gasteiger partial charge is 0.158 e. The van der Waals surface area contributed by atoms with Crippen molar-refractivity contribution >= 4 is 29.0 Å². The van der Waals surface area contributed by atoms with Gasteiger partial charge in [-0.3, -0.25) is 9.48 Å². The van der Waals surface area contributed by atoms with Gasteiger partial charge in [0.2, 0.25) is 0 Å². The molecule has 1 unspecified atom stereocenters. The quantitative estimate of drug-likeness (QED) is 0.943. The van der Waals surface area contributed by atoms with Crippen molar-refractivity contribution in [2.45, 2.75) is 12.5 Å². The number of halogens is 2. The first-order valence-electron chi connectivity index (χ1n) is 5.68. The average molecular weight is 298 g/mol. The second-order valence-corrected chi connectivity index (χ2v) is 5.07. The van der Waals surface area contributed by atoms with E-state index in [0.717, 1.165) is 0 Å². The minimum absolute atomic E-state index is 0.128. The number of nitrogens with zero attached hydrogens (tertiary/aromatic N) is 2. The molecule has 100 valence electrons. The van der Waals surface area contributed by atoms with E-state index in [9.17, 15) is 4.79 Å². The van der Waals surface area contributed by atoms with Gasteiger partial charge < -0.3 is 5.73 Å². The van der Waals surface area contributed by atoms with Crippen LogP contribution in [0.15, 0.2) is 30.6 Å². The number of hydrogen-bond acceptors (Lipinski definition) is 3. The zero-order valence-electron chi connectivity index (χ0n) is 10.3. The number of aryl methyl sites for hydroxylation is 1. The molecule has 2 rings (SSSR count). The highest BCUT2D eigenvalue weighted by molar-refractivity contribution is 6.42. The molecule has 0 amide bonds. The van der Waals surface area contributed by atoms with E-state index in [0.29, 0.717) is 21.2 Å². The van der Waals surface area contributed by atoms with Gasteiger partial charge in [0, 0.05) is 25.2 Å². The van der Waals surface area contributed by atoms with Crippen LogP contribution in [0.3, 0.4) is 0 Å². The normalized spacial score (nSPS) is 12.4. The lowest BCUT2D eigenvalue weighted by atomic mass is 10.0. The van der Waals surface area contributed by atoms with Gasteiger partial charge in [-0.2, -0.15) is 5.10 Å². The molecule has 1 aromatic carbocycles. The van der Waals surface area contributed by atoms with Crippen molar-refractivity contribution in [3.8, 4) is 0 Å². The topological polar surface area (TPSA) is 60.9 Å². The minimum Gasteiger partial charge on any atom is -0.318 e. The number of Topliss-reactive ketones (excluding diaryl/α,β-unsaturated/α-hetero) is 1. The van der Waals surface area contributed by atoms with Gasteiger partial charge in [-0.15, -0.1) is 0 Å². The zero-order chi connectivity index (χ0) is 14.0. The van der Waals surface area contributed by atoms with Gasteiger partial charge in [0.05, 0.1) is 22.3 Å². The monoisotopic (exact) mass is 297 g/mol. The molecule has 2 aromatic rings. The van der Waals surface area contributed by atoms with E-state index >= 15 is 0 Å². The molecule has 0 radical (unpaired) electrons. The molecule has 0 bridgehead atoms. The molecule has 6 heteroatoms. The molecule has 0 aliphatic rings. The number of aromatic nitrogens is 2. The van der Waals surface area contributed by atoms with Gasteiger partial charge in [-0.05, 0) is 11.6 Å². The molecule has 1 heterocycles. The van der Waals surface area contributed by atoms with Crippen molar-refractivity contribution in [1.29, 1.82) is 0 Å². The van der Waals surface area contributed by atoms with Gasteiger partial charge in [0.25, 0.3) is 0 Å². The van der Waals surface area contributed by atoms with Gasteiger partial charge in [0.1, 0.15) is 0 Å². The summed E-state index contributed by atoms with van der Waals surface area (Å²) in [7, 11) is 1.77. The van der Waals surface area contributed by atoms with Gasteiger partial charge in [-0.25, -0.2) is 0 Å². The van der Waals surface area contributed by atoms with Gasteiger partial charge >= 0.3 is 0 Å². The summed E-state index contributed by atoms with van der Waals surface area (Å²) in [5.41, 5.74) is 7.27. The first-order valence-corrected chi connectivity index (χ1v) is 6.44. The Morgan fingerprint density at radius 2 is 2.21 bits per heavy atom. The summed E-state index contributed by atoms with van der Waals surface area (Å²) in [6, 6.07) is 4.50. The molecule has 0 saturated carbocycles. The molecular formula is C13H13Cl2N3O. The van der Waals surface area contributed by atoms with Crippen molar-refractivity contribution in [2.24, 2.45) is 12.8 Å². The van der Waals surface area contributed by atoms with Crippen LogP contribution in [-0.2, 0) is 18.3 Å². The molecule has 0 aliphatic carbocycles. The van der Waals surface area contributed by atoms with Crippen molar-refractivity contribution < 1.29 is 4.79 Å². The summed E-state index contributed by atoms with van der Waals surface area (Å²) in [5.74, 6) is -0.128. The fraction of sp³-hybridized carbons (Fsp3) is 0.231. The summed E-state index contributed by atoms with van der Waals surface area (Å²) in [6.07, 6.45) is 3.46. The van der Waals surface area contributed by atoms with E-state index in [1.54, 1.807) is 42.3 Å². The Hall–Kier alpha value is -1.36. The molecule has 4 nitrogen and oxygen atoms in total. The Bertz CT molecular complexity index is 610. The zero-order valence-corrected chi connectivity index (χ0v) is 11.8. The predicted molar refractivity (Wildman–Crippen MR) is 75.3 cm³/mol. The maximum Gasteiger partial charge on any atom is 0.158 e. The molecule has 0 aliphatic heterocycles. The first kappa shape index (κ1) is 14.1. The Morgan fingerprint density at radius 1 is 1.47 bits per heavy atom. The number of nitrogens with two attached hydrogens (primary N) is 1. The fourth-order valence-corrected chi connectivity index (χ4v) is 2.16. The fourth-order valence-electron chi connectivity index (χ4n) is 1.77. The number of benzene rings is 1. The molecule has 2 N–H and O–H groups in total. The van der Waals surface area contributed by atoms with Crippen molar-refractivity contribution in [3.05, 3.63) is 51.8 Å². The number of hydrogen-bond donors (Lipinski definition) is 1. The highest BCUT2D eigenvalue weighted by atomic mass is 35.5.